The zero-order valence-electron chi connectivity index (χ0n) is 11.8. The molecule has 118 valence electrons. The number of aromatic nitrogens is 2. The van der Waals surface area contributed by atoms with E-state index >= 15 is 0 Å². The number of anilines is 1. The van der Waals surface area contributed by atoms with Gasteiger partial charge in [0, 0.05) is 37.8 Å². The molecule has 2 aliphatic heterocycles. The second kappa shape index (κ2) is 4.75. The molecule has 1 saturated carbocycles. The van der Waals surface area contributed by atoms with Gasteiger partial charge in [-0.15, -0.1) is 0 Å². The van der Waals surface area contributed by atoms with Gasteiger partial charge in [0.25, 0.3) is 5.92 Å². The zero-order chi connectivity index (χ0) is 15.5. The molecular weight excluding hydrogens is 314 g/mol. The largest absolute Gasteiger partial charge is 0.352 e. The molecule has 8 heteroatoms. The van der Waals surface area contributed by atoms with Crippen molar-refractivity contribution in [3.05, 3.63) is 17.5 Å². The minimum absolute atomic E-state index is 0.0172. The number of alkyl halides is 2. The highest BCUT2D eigenvalue weighted by Gasteiger charge is 2.64. The summed E-state index contributed by atoms with van der Waals surface area (Å²) in [7, 11) is 0. The van der Waals surface area contributed by atoms with Crippen LogP contribution < -0.4 is 4.90 Å². The molecule has 0 N–H and O–H groups in total. The molecule has 3 atom stereocenters. The number of carbonyl (C=O) groups excluding carboxylic acids is 1. The summed E-state index contributed by atoms with van der Waals surface area (Å²) in [5.74, 6) is -3.55. The summed E-state index contributed by atoms with van der Waals surface area (Å²) >= 11 is 5.82. The maximum absolute atomic E-state index is 13.2. The van der Waals surface area contributed by atoms with Crippen molar-refractivity contribution in [1.29, 1.82) is 0 Å². The molecular formula is C14H15ClF2N4O. The van der Waals surface area contributed by atoms with Gasteiger partial charge in [-0.1, -0.05) is 0 Å². The Morgan fingerprint density at radius 1 is 1.32 bits per heavy atom. The first-order valence-corrected chi connectivity index (χ1v) is 7.77. The van der Waals surface area contributed by atoms with Crippen molar-refractivity contribution >= 4 is 23.3 Å². The Balaban J connectivity index is 1.51. The third kappa shape index (κ3) is 2.22. The predicted molar refractivity (Wildman–Crippen MR) is 76.0 cm³/mol. The van der Waals surface area contributed by atoms with E-state index in [0.717, 1.165) is 18.7 Å². The van der Waals surface area contributed by atoms with E-state index in [2.05, 4.69) is 14.9 Å². The minimum Gasteiger partial charge on any atom is -0.352 e. The molecule has 4 rings (SSSR count). The minimum atomic E-state index is -2.80. The van der Waals surface area contributed by atoms with Crippen LogP contribution in [0.15, 0.2) is 12.3 Å². The molecule has 3 heterocycles. The van der Waals surface area contributed by atoms with Crippen molar-refractivity contribution in [2.24, 2.45) is 5.92 Å². The van der Waals surface area contributed by atoms with Gasteiger partial charge < -0.3 is 9.80 Å². The molecule has 1 aliphatic carbocycles. The van der Waals surface area contributed by atoms with Crippen LogP contribution in [0, 0.1) is 5.92 Å². The molecule has 3 aliphatic rings. The number of piperazine rings is 1. The summed E-state index contributed by atoms with van der Waals surface area (Å²) in [5.41, 5.74) is 0. The van der Waals surface area contributed by atoms with E-state index in [1.165, 1.54) is 0 Å². The van der Waals surface area contributed by atoms with Crippen molar-refractivity contribution in [2.45, 2.75) is 37.3 Å². The lowest BCUT2D eigenvalue weighted by Gasteiger charge is -2.41. The van der Waals surface area contributed by atoms with Crippen molar-refractivity contribution < 1.29 is 13.6 Å². The Hall–Kier alpha value is -1.50. The first-order chi connectivity index (χ1) is 10.5. The third-order valence-corrected chi connectivity index (χ3v) is 4.98. The fourth-order valence-electron chi connectivity index (χ4n) is 3.61. The van der Waals surface area contributed by atoms with Gasteiger partial charge in [-0.3, -0.25) is 4.79 Å². The van der Waals surface area contributed by atoms with Crippen LogP contribution in [0.3, 0.4) is 0 Å². The maximum atomic E-state index is 13.2. The number of fused-ring (bicyclic) bond motifs is 2. The fourth-order valence-corrected chi connectivity index (χ4v) is 3.76. The number of nitrogens with zero attached hydrogens (tertiary/aromatic N) is 4. The van der Waals surface area contributed by atoms with Crippen molar-refractivity contribution in [3.63, 3.8) is 0 Å². The lowest BCUT2D eigenvalue weighted by molar-refractivity contribution is -0.138. The van der Waals surface area contributed by atoms with E-state index in [4.69, 9.17) is 11.6 Å². The highest BCUT2D eigenvalue weighted by Crippen LogP contribution is 2.51. The molecule has 2 bridgehead atoms. The van der Waals surface area contributed by atoms with Gasteiger partial charge in [-0.25, -0.2) is 18.7 Å². The van der Waals surface area contributed by atoms with Crippen molar-refractivity contribution in [3.8, 4) is 0 Å². The molecule has 3 fully saturated rings. The zero-order valence-corrected chi connectivity index (χ0v) is 12.5. The van der Waals surface area contributed by atoms with Crippen LogP contribution in [0.4, 0.5) is 14.6 Å². The Kier molecular flexibility index (Phi) is 3.04. The van der Waals surface area contributed by atoms with E-state index in [0.29, 0.717) is 13.1 Å². The maximum Gasteiger partial charge on any atom is 0.260 e. The van der Waals surface area contributed by atoms with E-state index in [1.54, 1.807) is 17.2 Å². The van der Waals surface area contributed by atoms with Gasteiger partial charge in [-0.2, -0.15) is 0 Å². The number of amides is 1. The summed E-state index contributed by atoms with van der Waals surface area (Å²) in [6, 6.07) is 1.74. The van der Waals surface area contributed by atoms with Crippen LogP contribution in [0.2, 0.25) is 5.28 Å². The van der Waals surface area contributed by atoms with E-state index in [9.17, 15) is 13.6 Å². The van der Waals surface area contributed by atoms with Crippen LogP contribution in [0.5, 0.6) is 0 Å². The van der Waals surface area contributed by atoms with E-state index in [1.807, 2.05) is 0 Å². The molecule has 1 aromatic rings. The van der Waals surface area contributed by atoms with E-state index < -0.39 is 11.8 Å². The van der Waals surface area contributed by atoms with Gasteiger partial charge in [0.2, 0.25) is 11.2 Å². The summed E-state index contributed by atoms with van der Waals surface area (Å²) in [6.07, 6.45) is 3.00. The average Bonchev–Trinajstić information content (AvgIpc) is 3.04. The first kappa shape index (κ1) is 14.1. The third-order valence-electron chi connectivity index (χ3n) is 4.80. The van der Waals surface area contributed by atoms with Gasteiger partial charge in [0.1, 0.15) is 11.7 Å². The Labute approximate surface area is 131 Å². The van der Waals surface area contributed by atoms with Crippen LogP contribution >= 0.6 is 11.6 Å². The number of hydrogen-bond acceptors (Lipinski definition) is 4. The van der Waals surface area contributed by atoms with Crippen LogP contribution in [0.25, 0.3) is 0 Å². The second-order valence-electron chi connectivity index (χ2n) is 6.24. The molecule has 0 spiro atoms. The smallest absolute Gasteiger partial charge is 0.260 e. The normalized spacial score (nSPS) is 32.2. The van der Waals surface area contributed by atoms with E-state index in [-0.39, 0.29) is 29.7 Å². The quantitative estimate of drug-likeness (QED) is 0.779. The summed E-state index contributed by atoms with van der Waals surface area (Å²) < 4.78 is 26.3. The fraction of sp³-hybridized carbons (Fsp3) is 0.643. The first-order valence-electron chi connectivity index (χ1n) is 7.39. The lowest BCUT2D eigenvalue weighted by Crippen LogP contribution is -2.56. The second-order valence-corrected chi connectivity index (χ2v) is 6.58. The van der Waals surface area contributed by atoms with Gasteiger partial charge >= 0.3 is 0 Å². The van der Waals surface area contributed by atoms with Gasteiger partial charge in [0.05, 0.1) is 0 Å². The average molecular weight is 329 g/mol. The highest BCUT2D eigenvalue weighted by atomic mass is 35.5. The molecule has 2 saturated heterocycles. The summed E-state index contributed by atoms with van der Waals surface area (Å²) in [6.45, 7) is 1.21. The number of hydrogen-bond donors (Lipinski definition) is 0. The summed E-state index contributed by atoms with van der Waals surface area (Å²) in [5, 5.41) is 0.181. The highest BCUT2D eigenvalue weighted by molar-refractivity contribution is 6.28. The Morgan fingerprint density at radius 3 is 2.50 bits per heavy atom. The summed E-state index contributed by atoms with van der Waals surface area (Å²) in [4.78, 5) is 24.1. The molecule has 0 radical (unpaired) electrons. The van der Waals surface area contributed by atoms with Gasteiger partial charge in [0.15, 0.2) is 0 Å². The molecule has 1 aromatic heterocycles. The Bertz CT molecular complexity index is 615. The SMILES string of the molecule is O=C(C1CC1(F)F)N1C2CCC1CN(c1ccnc(Cl)n1)C2. The molecule has 5 nitrogen and oxygen atoms in total. The van der Waals surface area contributed by atoms with Crippen LogP contribution in [-0.2, 0) is 4.79 Å². The number of halogens is 3. The standard InChI is InChI=1S/C14H15ClF2N4O/c15-13-18-4-3-11(19-13)20-6-8-1-2-9(7-20)21(8)12(22)10-5-14(10,16)17/h3-4,8-10H,1-2,5-7H2. The Morgan fingerprint density at radius 2 is 1.95 bits per heavy atom. The molecule has 0 aromatic carbocycles. The van der Waals surface area contributed by atoms with Crippen LogP contribution in [0.1, 0.15) is 19.3 Å². The number of rotatable bonds is 2. The van der Waals surface area contributed by atoms with Gasteiger partial charge in [-0.05, 0) is 30.5 Å². The van der Waals surface area contributed by atoms with Crippen molar-refractivity contribution in [1.82, 2.24) is 14.9 Å². The lowest BCUT2D eigenvalue weighted by atomic mass is 10.1. The molecule has 1 amide bonds. The monoisotopic (exact) mass is 328 g/mol. The predicted octanol–water partition coefficient (Wildman–Crippen LogP) is 1.96. The number of carbonyl (C=O) groups is 1. The molecule has 22 heavy (non-hydrogen) atoms. The van der Waals surface area contributed by atoms with Crippen molar-refractivity contribution in [2.75, 3.05) is 18.0 Å². The topological polar surface area (TPSA) is 49.3 Å². The van der Waals surface area contributed by atoms with Crippen LogP contribution in [-0.4, -0.2) is 51.9 Å². The molecule has 3 unspecified atom stereocenters.